The lowest BCUT2D eigenvalue weighted by atomic mass is 10.0. The number of esters is 1. The summed E-state index contributed by atoms with van der Waals surface area (Å²) in [5.41, 5.74) is 4.33. The zero-order valence-corrected chi connectivity index (χ0v) is 22.7. The number of rotatable bonds is 6. The number of H-pyrrole nitrogens is 1. The topological polar surface area (TPSA) is 83.5 Å². The quantitative estimate of drug-likeness (QED) is 0.0657. The van der Waals surface area contributed by atoms with E-state index in [1.54, 1.807) is 18.2 Å². The molecular weight excluding hydrogens is 634 g/mol. The minimum absolute atomic E-state index is 0.0630. The maximum Gasteiger partial charge on any atom is 0.416 e. The van der Waals surface area contributed by atoms with Crippen LogP contribution in [0.2, 0.25) is 0 Å². The highest BCUT2D eigenvalue weighted by Gasteiger charge is 2.31. The molecule has 0 saturated carbocycles. The van der Waals surface area contributed by atoms with Gasteiger partial charge < -0.3 is 9.72 Å². The van der Waals surface area contributed by atoms with E-state index in [0.717, 1.165) is 43.8 Å². The smallest absolute Gasteiger partial charge is 0.416 e. The highest BCUT2D eigenvalue weighted by Crippen LogP contribution is 2.33. The number of hydrogen-bond donors (Lipinski definition) is 2. The Kier molecular flexibility index (Phi) is 7.69. The molecule has 5 rings (SSSR count). The zero-order valence-electron chi connectivity index (χ0n) is 20.5. The molecule has 1 heterocycles. The van der Waals surface area contributed by atoms with Crippen LogP contribution in [0.3, 0.4) is 0 Å². The molecule has 0 atom stereocenters. The van der Waals surface area contributed by atoms with E-state index in [1.165, 1.54) is 18.3 Å². The van der Waals surface area contributed by atoms with Gasteiger partial charge in [-0.3, -0.25) is 4.79 Å². The Morgan fingerprint density at radius 3 is 2.42 bits per heavy atom. The van der Waals surface area contributed by atoms with Gasteiger partial charge in [-0.2, -0.15) is 18.3 Å². The molecule has 10 heteroatoms. The first-order chi connectivity index (χ1) is 19.2. The largest absolute Gasteiger partial charge is 0.422 e. The van der Waals surface area contributed by atoms with Crippen LogP contribution in [0, 0.1) is 3.57 Å². The molecule has 4 aromatic carbocycles. The number of aromatic nitrogens is 1. The van der Waals surface area contributed by atoms with E-state index < -0.39 is 23.6 Å². The summed E-state index contributed by atoms with van der Waals surface area (Å²) in [6.07, 6.45) is -3.30. The van der Waals surface area contributed by atoms with Crippen LogP contribution >= 0.6 is 22.6 Å². The van der Waals surface area contributed by atoms with Gasteiger partial charge in [0.05, 0.1) is 17.3 Å². The Hall–Kier alpha value is -4.45. The van der Waals surface area contributed by atoms with Gasteiger partial charge in [-0.25, -0.2) is 10.2 Å². The molecule has 0 spiro atoms. The van der Waals surface area contributed by atoms with E-state index in [-0.39, 0.29) is 11.3 Å². The van der Waals surface area contributed by atoms with Crippen molar-refractivity contribution in [2.75, 3.05) is 0 Å². The van der Waals surface area contributed by atoms with Crippen LogP contribution in [0.5, 0.6) is 5.75 Å². The van der Waals surface area contributed by atoms with Crippen molar-refractivity contribution in [2.24, 2.45) is 5.10 Å². The number of hydrazone groups is 1. The molecule has 0 aliphatic rings. The molecule has 5 aromatic rings. The molecule has 40 heavy (non-hydrogen) atoms. The number of ether oxygens (including phenoxy) is 1. The summed E-state index contributed by atoms with van der Waals surface area (Å²) >= 11 is 2.22. The van der Waals surface area contributed by atoms with Crippen molar-refractivity contribution < 1.29 is 27.5 Å². The van der Waals surface area contributed by atoms with Crippen LogP contribution in [-0.4, -0.2) is 23.1 Å². The lowest BCUT2D eigenvalue weighted by molar-refractivity contribution is -0.137. The van der Waals surface area contributed by atoms with Gasteiger partial charge in [-0.1, -0.05) is 48.5 Å². The summed E-state index contributed by atoms with van der Waals surface area (Å²) in [4.78, 5) is 29.0. The molecule has 1 aromatic heterocycles. The molecule has 0 aliphatic heterocycles. The first kappa shape index (κ1) is 27.1. The molecule has 0 unspecified atom stereocenters. The number of hydrogen-bond acceptors (Lipinski definition) is 4. The average molecular weight is 653 g/mol. The molecule has 2 N–H and O–H groups in total. The Morgan fingerprint density at radius 1 is 0.900 bits per heavy atom. The highest BCUT2D eigenvalue weighted by atomic mass is 127. The van der Waals surface area contributed by atoms with E-state index >= 15 is 0 Å². The number of fused-ring (bicyclic) bond motifs is 1. The van der Waals surface area contributed by atoms with Crippen molar-refractivity contribution in [3.63, 3.8) is 0 Å². The van der Waals surface area contributed by atoms with Gasteiger partial charge in [-0.05, 0) is 76.7 Å². The number of aromatic amines is 1. The number of halogens is 4. The third-order valence-corrected chi connectivity index (χ3v) is 6.64. The van der Waals surface area contributed by atoms with Crippen LogP contribution in [0.25, 0.3) is 22.0 Å². The fourth-order valence-electron chi connectivity index (χ4n) is 4.12. The van der Waals surface area contributed by atoms with Crippen LogP contribution in [0.4, 0.5) is 13.2 Å². The van der Waals surface area contributed by atoms with Crippen LogP contribution in [0.1, 0.15) is 32.0 Å². The molecule has 0 bridgehead atoms. The maximum atomic E-state index is 13.2. The van der Waals surface area contributed by atoms with Gasteiger partial charge in [0, 0.05) is 25.6 Å². The fraction of sp³-hybridized carbons (Fsp3) is 0.0333. The van der Waals surface area contributed by atoms with Crippen molar-refractivity contribution in [1.82, 2.24) is 10.4 Å². The van der Waals surface area contributed by atoms with E-state index in [1.807, 2.05) is 48.5 Å². The lowest BCUT2D eigenvalue weighted by Gasteiger charge is -2.10. The Labute approximate surface area is 240 Å². The molecular formula is C30H19F3IN3O3. The Bertz CT molecular complexity index is 1750. The number of alkyl halides is 3. The number of carbonyl (C=O) groups excluding carboxylic acids is 2. The summed E-state index contributed by atoms with van der Waals surface area (Å²) < 4.78 is 45.5. The van der Waals surface area contributed by atoms with E-state index in [4.69, 9.17) is 4.74 Å². The van der Waals surface area contributed by atoms with Crippen LogP contribution in [0.15, 0.2) is 102 Å². The number of benzene rings is 4. The van der Waals surface area contributed by atoms with Gasteiger partial charge in [0.1, 0.15) is 11.4 Å². The normalized spacial score (nSPS) is 11.6. The number of carbonyl (C=O) groups is 2. The minimum atomic E-state index is -4.59. The predicted octanol–water partition coefficient (Wildman–Crippen LogP) is 7.44. The predicted molar refractivity (Wildman–Crippen MR) is 154 cm³/mol. The summed E-state index contributed by atoms with van der Waals surface area (Å²) in [5, 5.41) is 4.93. The number of amides is 1. The third-order valence-electron chi connectivity index (χ3n) is 5.97. The van der Waals surface area contributed by atoms with Crippen molar-refractivity contribution in [3.05, 3.63) is 123 Å². The summed E-state index contributed by atoms with van der Waals surface area (Å²) in [6, 6.07) is 25.6. The van der Waals surface area contributed by atoms with Gasteiger partial charge in [0.15, 0.2) is 0 Å². The number of para-hydroxylation sites is 1. The van der Waals surface area contributed by atoms with Crippen molar-refractivity contribution in [3.8, 4) is 16.9 Å². The number of nitrogens with one attached hydrogen (secondary N) is 2. The van der Waals surface area contributed by atoms with Crippen molar-refractivity contribution in [1.29, 1.82) is 0 Å². The van der Waals surface area contributed by atoms with Gasteiger partial charge in [-0.15, -0.1) is 0 Å². The van der Waals surface area contributed by atoms with Gasteiger partial charge >= 0.3 is 12.1 Å². The molecule has 6 nitrogen and oxygen atoms in total. The van der Waals surface area contributed by atoms with E-state index in [9.17, 15) is 22.8 Å². The first-order valence-corrected chi connectivity index (χ1v) is 13.0. The highest BCUT2D eigenvalue weighted by molar-refractivity contribution is 14.1. The fourth-order valence-corrected chi connectivity index (χ4v) is 4.61. The van der Waals surface area contributed by atoms with Gasteiger partial charge in [0.25, 0.3) is 5.91 Å². The molecule has 0 radical (unpaired) electrons. The third kappa shape index (κ3) is 5.91. The van der Waals surface area contributed by atoms with E-state index in [0.29, 0.717) is 11.3 Å². The Balaban J connectivity index is 1.37. The second-order valence-corrected chi connectivity index (χ2v) is 9.88. The second-order valence-electron chi connectivity index (χ2n) is 8.64. The second kappa shape index (κ2) is 11.3. The molecule has 0 fully saturated rings. The summed E-state index contributed by atoms with van der Waals surface area (Å²) in [6.45, 7) is 0. The SMILES string of the molecule is O=C(Oc1ccccc1C=NNC(=O)c1[nH]c2ccc(I)cc2c1-c1ccccc1)c1cccc(C(F)(F)F)c1. The monoisotopic (exact) mass is 653 g/mol. The molecule has 0 saturated heterocycles. The van der Waals surface area contributed by atoms with E-state index in [2.05, 4.69) is 38.1 Å². The number of nitrogens with zero attached hydrogens (tertiary/aromatic N) is 1. The summed E-state index contributed by atoms with van der Waals surface area (Å²) in [7, 11) is 0. The molecule has 200 valence electrons. The first-order valence-electron chi connectivity index (χ1n) is 11.9. The maximum absolute atomic E-state index is 13.2. The van der Waals surface area contributed by atoms with Crippen LogP contribution in [-0.2, 0) is 6.18 Å². The minimum Gasteiger partial charge on any atom is -0.422 e. The molecule has 0 aliphatic carbocycles. The van der Waals surface area contributed by atoms with Crippen molar-refractivity contribution >= 4 is 51.6 Å². The molecule has 1 amide bonds. The Morgan fingerprint density at radius 2 is 1.65 bits per heavy atom. The van der Waals surface area contributed by atoms with Crippen LogP contribution < -0.4 is 10.2 Å². The average Bonchev–Trinajstić information content (AvgIpc) is 3.32. The lowest BCUT2D eigenvalue weighted by Crippen LogP contribution is -2.19. The standard InChI is InChI=1S/C30H19F3IN3O3/c31-30(32,33)21-11-6-10-19(15-21)29(39)40-25-12-5-4-9-20(25)17-35-37-28(38)27-26(18-7-2-1-3-8-18)23-16-22(34)13-14-24(23)36-27/h1-17,36H,(H,37,38). The van der Waals surface area contributed by atoms with Gasteiger partial charge in [0.2, 0.25) is 0 Å². The summed E-state index contributed by atoms with van der Waals surface area (Å²) in [5.74, 6) is -1.39. The van der Waals surface area contributed by atoms with Crippen molar-refractivity contribution in [2.45, 2.75) is 6.18 Å². The zero-order chi connectivity index (χ0) is 28.3.